The van der Waals surface area contributed by atoms with Gasteiger partial charge >= 0.3 is 0 Å². The van der Waals surface area contributed by atoms with E-state index in [2.05, 4.69) is 5.32 Å². The molecule has 0 saturated carbocycles. The lowest BCUT2D eigenvalue weighted by Gasteiger charge is -2.16. The number of carbonyl (C=O) groups excluding carboxylic acids is 2. The summed E-state index contributed by atoms with van der Waals surface area (Å²) >= 11 is 1.31. The van der Waals surface area contributed by atoms with Crippen molar-refractivity contribution in [2.75, 3.05) is 28.8 Å². The molecule has 4 nitrogen and oxygen atoms in total. The minimum Gasteiger partial charge on any atom is -0.325 e. The number of nitrogens with zero attached hydrogens (tertiary/aromatic N) is 1. The van der Waals surface area contributed by atoms with E-state index < -0.39 is 0 Å². The van der Waals surface area contributed by atoms with Crippen LogP contribution >= 0.6 is 11.8 Å². The van der Waals surface area contributed by atoms with Gasteiger partial charge in [0.05, 0.1) is 11.5 Å². The molecule has 5 heteroatoms. The molecule has 0 heterocycles. The highest BCUT2D eigenvalue weighted by atomic mass is 32.2. The average molecular weight is 314 g/mol. The van der Waals surface area contributed by atoms with Crippen LogP contribution in [0.3, 0.4) is 0 Å². The van der Waals surface area contributed by atoms with Gasteiger partial charge in [-0.15, -0.1) is 11.8 Å². The van der Waals surface area contributed by atoms with Gasteiger partial charge in [0, 0.05) is 18.4 Å². The van der Waals surface area contributed by atoms with Crippen LogP contribution in [0.25, 0.3) is 0 Å². The summed E-state index contributed by atoms with van der Waals surface area (Å²) in [5.41, 5.74) is 1.61. The molecule has 0 unspecified atom stereocenters. The zero-order valence-corrected chi connectivity index (χ0v) is 13.2. The number of thioether (sulfide) groups is 1. The molecule has 1 N–H and O–H groups in total. The maximum Gasteiger partial charge on any atom is 0.236 e. The predicted molar refractivity (Wildman–Crippen MR) is 92.2 cm³/mol. The molecule has 0 radical (unpaired) electrons. The number of hydrogen-bond acceptors (Lipinski definition) is 3. The van der Waals surface area contributed by atoms with E-state index in [1.807, 2.05) is 60.7 Å². The molecule has 0 aliphatic rings. The Kier molecular flexibility index (Phi) is 6.03. The first-order valence-electron chi connectivity index (χ1n) is 6.91. The van der Waals surface area contributed by atoms with Crippen molar-refractivity contribution in [3.05, 3.63) is 60.7 Å². The normalized spacial score (nSPS) is 10.0. The highest BCUT2D eigenvalue weighted by Crippen LogP contribution is 2.13. The fourth-order valence-corrected chi connectivity index (χ4v) is 2.57. The van der Waals surface area contributed by atoms with E-state index >= 15 is 0 Å². The topological polar surface area (TPSA) is 49.4 Å². The van der Waals surface area contributed by atoms with Crippen LogP contribution in [0.2, 0.25) is 0 Å². The van der Waals surface area contributed by atoms with E-state index in [9.17, 15) is 9.59 Å². The third kappa shape index (κ3) is 4.93. The van der Waals surface area contributed by atoms with Crippen LogP contribution in [0.15, 0.2) is 60.7 Å². The molecule has 0 fully saturated rings. The lowest BCUT2D eigenvalue weighted by molar-refractivity contribution is -0.115. The van der Waals surface area contributed by atoms with E-state index in [1.165, 1.54) is 11.8 Å². The number of nitrogens with one attached hydrogen (secondary N) is 1. The van der Waals surface area contributed by atoms with Crippen LogP contribution < -0.4 is 10.2 Å². The first-order chi connectivity index (χ1) is 10.7. The van der Waals surface area contributed by atoms with Crippen molar-refractivity contribution in [3.8, 4) is 0 Å². The molecule has 0 aliphatic heterocycles. The van der Waals surface area contributed by atoms with Crippen molar-refractivity contribution < 1.29 is 9.59 Å². The first-order valence-corrected chi connectivity index (χ1v) is 8.06. The Morgan fingerprint density at radius 2 is 1.55 bits per heavy atom. The number of para-hydroxylation sites is 2. The van der Waals surface area contributed by atoms with Crippen LogP contribution in [0.4, 0.5) is 11.4 Å². The number of rotatable bonds is 6. The maximum atomic E-state index is 12.1. The molecule has 2 rings (SSSR count). The van der Waals surface area contributed by atoms with Gasteiger partial charge in [-0.1, -0.05) is 36.4 Å². The molecular formula is C17H18N2O2S. The van der Waals surface area contributed by atoms with E-state index in [0.717, 1.165) is 11.4 Å². The molecule has 2 aromatic rings. The minimum absolute atomic E-state index is 0.0243. The fraction of sp³-hybridized carbons (Fsp3) is 0.176. The van der Waals surface area contributed by atoms with Crippen LogP contribution in [0.5, 0.6) is 0 Å². The second-order valence-corrected chi connectivity index (χ2v) is 5.68. The summed E-state index contributed by atoms with van der Waals surface area (Å²) in [6, 6.07) is 18.7. The van der Waals surface area contributed by atoms with Crippen LogP contribution in [-0.2, 0) is 9.59 Å². The van der Waals surface area contributed by atoms with Gasteiger partial charge in [-0.25, -0.2) is 0 Å². The van der Waals surface area contributed by atoms with Crippen molar-refractivity contribution in [1.29, 1.82) is 0 Å². The molecule has 0 atom stereocenters. The Bertz CT molecular complexity index is 617. The molecule has 0 aliphatic carbocycles. The Labute approximate surface area is 134 Å². The van der Waals surface area contributed by atoms with Crippen molar-refractivity contribution in [2.45, 2.75) is 0 Å². The Morgan fingerprint density at radius 1 is 0.955 bits per heavy atom. The van der Waals surface area contributed by atoms with Gasteiger partial charge in [-0.2, -0.15) is 0 Å². The van der Waals surface area contributed by atoms with Crippen molar-refractivity contribution in [2.24, 2.45) is 0 Å². The minimum atomic E-state index is -0.105. The van der Waals surface area contributed by atoms with E-state index in [0.29, 0.717) is 0 Å². The van der Waals surface area contributed by atoms with Gasteiger partial charge in [0.15, 0.2) is 0 Å². The fourth-order valence-electron chi connectivity index (χ4n) is 1.84. The van der Waals surface area contributed by atoms with Gasteiger partial charge in [-0.05, 0) is 24.3 Å². The summed E-state index contributed by atoms with van der Waals surface area (Å²) < 4.78 is 0. The zero-order valence-electron chi connectivity index (χ0n) is 12.4. The smallest absolute Gasteiger partial charge is 0.236 e. The monoisotopic (exact) mass is 314 g/mol. The Balaban J connectivity index is 1.74. The van der Waals surface area contributed by atoms with E-state index in [-0.39, 0.29) is 23.3 Å². The third-order valence-corrected chi connectivity index (χ3v) is 3.95. The maximum absolute atomic E-state index is 12.1. The summed E-state index contributed by atoms with van der Waals surface area (Å²) in [6.45, 7) is 0. The van der Waals surface area contributed by atoms with Gasteiger partial charge in [0.25, 0.3) is 0 Å². The molecule has 114 valence electrons. The molecule has 0 aromatic heterocycles. The third-order valence-electron chi connectivity index (χ3n) is 3.03. The number of anilines is 2. The quantitative estimate of drug-likeness (QED) is 0.891. The first kappa shape index (κ1) is 16.1. The number of hydrogen-bond donors (Lipinski definition) is 1. The highest BCUT2D eigenvalue weighted by Gasteiger charge is 2.11. The van der Waals surface area contributed by atoms with Crippen LogP contribution in [0.1, 0.15) is 0 Å². The molecule has 22 heavy (non-hydrogen) atoms. The number of carbonyl (C=O) groups is 2. The molecule has 0 saturated heterocycles. The second-order valence-electron chi connectivity index (χ2n) is 4.70. The number of amides is 2. The lowest BCUT2D eigenvalue weighted by atomic mass is 10.3. The molecule has 0 spiro atoms. The van der Waals surface area contributed by atoms with Gasteiger partial charge < -0.3 is 10.2 Å². The van der Waals surface area contributed by atoms with Crippen molar-refractivity contribution in [3.63, 3.8) is 0 Å². The van der Waals surface area contributed by atoms with Crippen LogP contribution in [-0.4, -0.2) is 30.4 Å². The Morgan fingerprint density at radius 3 is 2.18 bits per heavy atom. The summed E-state index contributed by atoms with van der Waals surface area (Å²) in [7, 11) is 1.74. The van der Waals surface area contributed by atoms with Crippen LogP contribution in [0, 0.1) is 0 Å². The van der Waals surface area contributed by atoms with E-state index in [1.54, 1.807) is 11.9 Å². The molecule has 2 amide bonds. The number of benzene rings is 2. The standard InChI is InChI=1S/C17H18N2O2S/c1-19(15-10-6-3-7-11-15)17(21)13-22-12-16(20)18-14-8-4-2-5-9-14/h2-11H,12-13H2,1H3,(H,18,20). The van der Waals surface area contributed by atoms with Gasteiger partial charge in [-0.3, -0.25) is 9.59 Å². The second kappa shape index (κ2) is 8.24. The average Bonchev–Trinajstić information content (AvgIpc) is 2.55. The highest BCUT2D eigenvalue weighted by molar-refractivity contribution is 8.00. The van der Waals surface area contributed by atoms with Crippen molar-refractivity contribution >= 4 is 35.0 Å². The zero-order chi connectivity index (χ0) is 15.8. The SMILES string of the molecule is CN(C(=O)CSCC(=O)Nc1ccccc1)c1ccccc1. The van der Waals surface area contributed by atoms with Gasteiger partial charge in [0.2, 0.25) is 11.8 Å². The molecular weight excluding hydrogens is 296 g/mol. The van der Waals surface area contributed by atoms with E-state index in [4.69, 9.17) is 0 Å². The summed E-state index contributed by atoms with van der Waals surface area (Å²) in [4.78, 5) is 25.4. The summed E-state index contributed by atoms with van der Waals surface area (Å²) in [5.74, 6) is 0.395. The Hall–Kier alpha value is -2.27. The summed E-state index contributed by atoms with van der Waals surface area (Å²) in [5, 5.41) is 2.79. The largest absolute Gasteiger partial charge is 0.325 e. The van der Waals surface area contributed by atoms with Gasteiger partial charge in [0.1, 0.15) is 0 Å². The predicted octanol–water partition coefficient (Wildman–Crippen LogP) is 3.02. The molecule has 2 aromatic carbocycles. The summed E-state index contributed by atoms with van der Waals surface area (Å²) in [6.07, 6.45) is 0. The molecule has 0 bridgehead atoms. The van der Waals surface area contributed by atoms with Crippen molar-refractivity contribution in [1.82, 2.24) is 0 Å². The lowest BCUT2D eigenvalue weighted by Crippen LogP contribution is -2.28.